The van der Waals surface area contributed by atoms with Gasteiger partial charge in [0.2, 0.25) is 0 Å². The lowest BCUT2D eigenvalue weighted by Gasteiger charge is -2.25. The first-order valence-electron chi connectivity index (χ1n) is 6.02. The lowest BCUT2D eigenvalue weighted by molar-refractivity contribution is 0.0701. The quantitative estimate of drug-likeness (QED) is 0.889. The number of carboxylic acids is 1. The van der Waals surface area contributed by atoms with Crippen molar-refractivity contribution < 1.29 is 18.3 Å². The zero-order valence-electron chi connectivity index (χ0n) is 10.5. The monoisotopic (exact) mass is 304 g/mol. The molecule has 0 spiro atoms. The average Bonchev–Trinajstić information content (AvgIpc) is 2.71. The van der Waals surface area contributed by atoms with Crippen molar-refractivity contribution in [1.82, 2.24) is 4.31 Å². The Bertz CT molecular complexity index is 574. The molecular weight excluding hydrogens is 288 g/mol. The Morgan fingerprint density at radius 2 is 2.00 bits per heavy atom. The van der Waals surface area contributed by atoms with Crippen LogP contribution in [0.5, 0.6) is 0 Å². The van der Waals surface area contributed by atoms with E-state index in [0.717, 1.165) is 30.6 Å². The normalized spacial score (nSPS) is 17.3. The van der Waals surface area contributed by atoms with Crippen molar-refractivity contribution in [2.75, 3.05) is 17.8 Å². The van der Waals surface area contributed by atoms with Crippen LogP contribution in [-0.4, -0.2) is 36.9 Å². The zero-order chi connectivity index (χ0) is 14.0. The number of thiophene rings is 1. The Kier molecular flexibility index (Phi) is 4.12. The first-order chi connectivity index (χ1) is 8.90. The fourth-order valence-corrected chi connectivity index (χ4v) is 4.47. The molecule has 0 amide bonds. The summed E-state index contributed by atoms with van der Waals surface area (Å²) in [6.45, 7) is 2.69. The number of nitrogens with one attached hydrogen (secondary N) is 1. The number of rotatable bonds is 4. The number of aryl methyl sites for hydroxylation is 1. The molecule has 1 aliphatic rings. The Hall–Kier alpha value is -1.12. The van der Waals surface area contributed by atoms with Crippen LogP contribution in [0.4, 0.5) is 5.00 Å². The van der Waals surface area contributed by atoms with E-state index < -0.39 is 16.2 Å². The van der Waals surface area contributed by atoms with Gasteiger partial charge in [-0.25, -0.2) is 4.79 Å². The van der Waals surface area contributed by atoms with E-state index in [-0.39, 0.29) is 4.88 Å². The van der Waals surface area contributed by atoms with Gasteiger partial charge in [-0.15, -0.1) is 11.3 Å². The van der Waals surface area contributed by atoms with E-state index in [9.17, 15) is 13.2 Å². The summed E-state index contributed by atoms with van der Waals surface area (Å²) < 4.78 is 28.1. The minimum Gasteiger partial charge on any atom is -0.477 e. The van der Waals surface area contributed by atoms with Gasteiger partial charge in [0, 0.05) is 13.1 Å². The van der Waals surface area contributed by atoms with Crippen molar-refractivity contribution in [3.63, 3.8) is 0 Å². The summed E-state index contributed by atoms with van der Waals surface area (Å²) in [5.74, 6) is -1.04. The van der Waals surface area contributed by atoms with Crippen molar-refractivity contribution in [3.05, 3.63) is 16.5 Å². The smallest absolute Gasteiger partial charge is 0.346 e. The molecule has 1 aromatic heterocycles. The molecule has 106 valence electrons. The average molecular weight is 304 g/mol. The molecule has 1 aromatic rings. The summed E-state index contributed by atoms with van der Waals surface area (Å²) in [6.07, 6.45) is 2.78. The number of carboxylic acid groups (broad SMARTS) is 1. The van der Waals surface area contributed by atoms with Gasteiger partial charge in [-0.1, -0.05) is 6.42 Å². The van der Waals surface area contributed by atoms with Gasteiger partial charge in [0.05, 0.1) is 0 Å². The summed E-state index contributed by atoms with van der Waals surface area (Å²) in [4.78, 5) is 11.1. The molecule has 6 nitrogen and oxygen atoms in total. The molecule has 0 aliphatic carbocycles. The number of hydrogen-bond donors (Lipinski definition) is 2. The number of hydrogen-bond acceptors (Lipinski definition) is 4. The van der Waals surface area contributed by atoms with E-state index in [1.165, 1.54) is 4.31 Å². The van der Waals surface area contributed by atoms with Crippen LogP contribution in [0.2, 0.25) is 0 Å². The first kappa shape index (κ1) is 14.3. The number of carbonyl (C=O) groups is 1. The second kappa shape index (κ2) is 5.48. The van der Waals surface area contributed by atoms with Gasteiger partial charge in [0.25, 0.3) is 0 Å². The predicted molar refractivity (Wildman–Crippen MR) is 74.0 cm³/mol. The van der Waals surface area contributed by atoms with E-state index in [4.69, 9.17) is 5.11 Å². The van der Waals surface area contributed by atoms with E-state index in [2.05, 4.69) is 4.72 Å². The topological polar surface area (TPSA) is 86.7 Å². The largest absolute Gasteiger partial charge is 0.477 e. The van der Waals surface area contributed by atoms with Gasteiger partial charge in [-0.3, -0.25) is 4.72 Å². The highest BCUT2D eigenvalue weighted by Gasteiger charge is 2.25. The molecule has 1 saturated heterocycles. The highest BCUT2D eigenvalue weighted by atomic mass is 32.2. The Labute approximate surface area is 116 Å². The van der Waals surface area contributed by atoms with Crippen LogP contribution in [0.25, 0.3) is 0 Å². The third-order valence-corrected chi connectivity index (χ3v) is 5.79. The van der Waals surface area contributed by atoms with Gasteiger partial charge < -0.3 is 5.11 Å². The fraction of sp³-hybridized carbons (Fsp3) is 0.545. The molecule has 8 heteroatoms. The van der Waals surface area contributed by atoms with Crippen molar-refractivity contribution in [1.29, 1.82) is 0 Å². The van der Waals surface area contributed by atoms with Crippen molar-refractivity contribution in [2.24, 2.45) is 0 Å². The first-order valence-corrected chi connectivity index (χ1v) is 8.27. The maximum absolute atomic E-state index is 12.1. The van der Waals surface area contributed by atoms with Gasteiger partial charge in [0.1, 0.15) is 9.88 Å². The van der Waals surface area contributed by atoms with Crippen molar-refractivity contribution in [2.45, 2.75) is 26.2 Å². The molecule has 2 N–H and O–H groups in total. The summed E-state index contributed by atoms with van der Waals surface area (Å²) in [5, 5.41) is 9.30. The third kappa shape index (κ3) is 3.26. The molecule has 0 bridgehead atoms. The third-order valence-electron chi connectivity index (χ3n) is 3.00. The zero-order valence-corrected chi connectivity index (χ0v) is 12.2. The minimum atomic E-state index is -3.56. The second-order valence-electron chi connectivity index (χ2n) is 4.49. The Morgan fingerprint density at radius 1 is 1.37 bits per heavy atom. The number of aromatic carboxylic acids is 1. The fourth-order valence-electron chi connectivity index (χ4n) is 2.04. The molecule has 1 fully saturated rings. The Morgan fingerprint density at radius 3 is 2.53 bits per heavy atom. The molecule has 2 rings (SSSR count). The molecule has 0 saturated carbocycles. The van der Waals surface area contributed by atoms with Crippen LogP contribution in [0.15, 0.2) is 6.07 Å². The molecule has 0 aromatic carbocycles. The Balaban J connectivity index is 2.15. The summed E-state index contributed by atoms with van der Waals surface area (Å²) >= 11 is 0.942. The minimum absolute atomic E-state index is 0.163. The highest BCUT2D eigenvalue weighted by molar-refractivity contribution is 7.90. The molecule has 1 aliphatic heterocycles. The van der Waals surface area contributed by atoms with Crippen LogP contribution >= 0.6 is 11.3 Å². The lowest BCUT2D eigenvalue weighted by Crippen LogP contribution is -2.39. The lowest BCUT2D eigenvalue weighted by atomic mass is 10.2. The highest BCUT2D eigenvalue weighted by Crippen LogP contribution is 2.28. The van der Waals surface area contributed by atoms with E-state index >= 15 is 0 Å². The summed E-state index contributed by atoms with van der Waals surface area (Å²) in [7, 11) is -3.56. The molecule has 0 unspecified atom stereocenters. The SMILES string of the molecule is Cc1cc(NS(=O)(=O)N2CCCCC2)sc1C(=O)O. The van der Waals surface area contributed by atoms with Gasteiger partial charge in [-0.2, -0.15) is 12.7 Å². The molecule has 2 heterocycles. The molecular formula is C11H16N2O4S2. The van der Waals surface area contributed by atoms with Crippen molar-refractivity contribution >= 4 is 32.5 Å². The van der Waals surface area contributed by atoms with Crippen LogP contribution in [-0.2, 0) is 10.2 Å². The van der Waals surface area contributed by atoms with Gasteiger partial charge in [0.15, 0.2) is 0 Å². The number of piperidine rings is 1. The maximum Gasteiger partial charge on any atom is 0.346 e. The maximum atomic E-state index is 12.1. The summed E-state index contributed by atoms with van der Waals surface area (Å²) in [5.41, 5.74) is 0.564. The van der Waals surface area contributed by atoms with Gasteiger partial charge in [-0.05, 0) is 31.4 Å². The molecule has 19 heavy (non-hydrogen) atoms. The summed E-state index contributed by atoms with van der Waals surface area (Å²) in [6, 6.07) is 1.55. The second-order valence-corrected chi connectivity index (χ2v) is 7.22. The van der Waals surface area contributed by atoms with Crippen LogP contribution in [0.3, 0.4) is 0 Å². The van der Waals surface area contributed by atoms with Crippen LogP contribution in [0, 0.1) is 6.92 Å². The van der Waals surface area contributed by atoms with Crippen LogP contribution in [0.1, 0.15) is 34.5 Å². The standard InChI is InChI=1S/C11H16N2O4S2/c1-8-7-9(18-10(8)11(14)15)12-19(16,17)13-5-3-2-4-6-13/h7,12H,2-6H2,1H3,(H,14,15). The van der Waals surface area contributed by atoms with E-state index in [1.807, 2.05) is 0 Å². The van der Waals surface area contributed by atoms with Crippen LogP contribution < -0.4 is 4.72 Å². The molecule has 0 atom stereocenters. The van der Waals surface area contributed by atoms with E-state index in [0.29, 0.717) is 23.7 Å². The number of anilines is 1. The number of nitrogens with zero attached hydrogens (tertiary/aromatic N) is 1. The van der Waals surface area contributed by atoms with Crippen molar-refractivity contribution in [3.8, 4) is 0 Å². The van der Waals surface area contributed by atoms with E-state index in [1.54, 1.807) is 13.0 Å². The van der Waals surface area contributed by atoms with Gasteiger partial charge >= 0.3 is 16.2 Å². The molecule has 0 radical (unpaired) electrons. The predicted octanol–water partition coefficient (Wildman–Crippen LogP) is 1.90.